The van der Waals surface area contributed by atoms with E-state index in [1.165, 1.54) is 37.4 Å². The fourth-order valence-corrected chi connectivity index (χ4v) is 3.84. The van der Waals surface area contributed by atoms with Crippen LogP contribution in [0.15, 0.2) is 30.6 Å². The number of hydrogen-bond acceptors (Lipinski definition) is 8. The number of hydrogen-bond donors (Lipinski definition) is 3. The molecule has 10 heteroatoms. The molecule has 2 aromatic carbocycles. The van der Waals surface area contributed by atoms with Gasteiger partial charge < -0.3 is 25.2 Å². The molecule has 2 aliphatic heterocycles. The molecule has 3 heterocycles. The number of nitrogens with one attached hydrogen (secondary N) is 2. The number of aromatic nitrogens is 2. The van der Waals surface area contributed by atoms with Crippen molar-refractivity contribution in [1.29, 1.82) is 0 Å². The first-order valence-corrected chi connectivity index (χ1v) is 9.70. The van der Waals surface area contributed by atoms with Gasteiger partial charge in [0.05, 0.1) is 30.5 Å². The summed E-state index contributed by atoms with van der Waals surface area (Å²) in [5.74, 6) is 0.105. The summed E-state index contributed by atoms with van der Waals surface area (Å²) in [6, 6.07) is 6.27. The zero-order valence-corrected chi connectivity index (χ0v) is 16.9. The highest BCUT2D eigenvalue weighted by Crippen LogP contribution is 2.40. The number of anilines is 3. The molecule has 2 fully saturated rings. The van der Waals surface area contributed by atoms with E-state index in [-0.39, 0.29) is 17.0 Å². The average molecular weight is 425 g/mol. The monoisotopic (exact) mass is 425 g/mol. The maximum absolute atomic E-state index is 14.6. The molecule has 2 saturated heterocycles. The van der Waals surface area contributed by atoms with E-state index in [0.717, 1.165) is 0 Å². The fraction of sp³-hybridized carbons (Fsp3) is 0.286. The lowest BCUT2D eigenvalue weighted by atomic mass is 9.97. The number of phenols is 1. The van der Waals surface area contributed by atoms with E-state index in [4.69, 9.17) is 9.47 Å². The highest BCUT2D eigenvalue weighted by molar-refractivity contribution is 6.00. The minimum absolute atomic E-state index is 0.130. The zero-order valence-electron chi connectivity index (χ0n) is 16.9. The number of halogens is 1. The van der Waals surface area contributed by atoms with Crippen molar-refractivity contribution in [3.05, 3.63) is 42.0 Å². The summed E-state index contributed by atoms with van der Waals surface area (Å²) in [6.07, 6.45) is 0.902. The highest BCUT2D eigenvalue weighted by Gasteiger charge is 2.50. The Morgan fingerprint density at radius 1 is 1.32 bits per heavy atom. The second-order valence-corrected chi connectivity index (χ2v) is 7.70. The smallest absolute Gasteiger partial charge is 0.415 e. The van der Waals surface area contributed by atoms with Crippen LogP contribution in [0.5, 0.6) is 11.5 Å². The predicted octanol–water partition coefficient (Wildman–Crippen LogP) is 2.83. The summed E-state index contributed by atoms with van der Waals surface area (Å²) in [5.41, 5.74) is 0.834. The van der Waals surface area contributed by atoms with Crippen LogP contribution in [0.2, 0.25) is 0 Å². The van der Waals surface area contributed by atoms with E-state index in [1.54, 1.807) is 12.1 Å². The molecular weight excluding hydrogens is 405 g/mol. The van der Waals surface area contributed by atoms with Gasteiger partial charge in [0.25, 0.3) is 0 Å². The number of benzene rings is 2. The first-order valence-electron chi connectivity index (χ1n) is 9.70. The molecule has 1 amide bonds. The van der Waals surface area contributed by atoms with Gasteiger partial charge in [-0.2, -0.15) is 0 Å². The molecule has 160 valence electrons. The third kappa shape index (κ3) is 3.07. The van der Waals surface area contributed by atoms with Crippen molar-refractivity contribution in [2.24, 2.45) is 0 Å². The summed E-state index contributed by atoms with van der Waals surface area (Å²) in [4.78, 5) is 22.6. The Bertz CT molecular complexity index is 1210. The van der Waals surface area contributed by atoms with Crippen LogP contribution in [0, 0.1) is 12.7 Å². The molecule has 2 aliphatic rings. The van der Waals surface area contributed by atoms with Crippen LogP contribution in [-0.4, -0.2) is 53.5 Å². The van der Waals surface area contributed by atoms with Gasteiger partial charge in [0.1, 0.15) is 23.6 Å². The predicted molar refractivity (Wildman–Crippen MR) is 112 cm³/mol. The van der Waals surface area contributed by atoms with Crippen molar-refractivity contribution in [2.75, 3.05) is 37.0 Å². The van der Waals surface area contributed by atoms with Crippen LogP contribution in [-0.2, 0) is 4.74 Å². The molecule has 1 spiro atoms. The number of carbonyl (C=O) groups excluding carboxylic acids is 1. The molecule has 0 radical (unpaired) electrons. The Kier molecular flexibility index (Phi) is 4.33. The summed E-state index contributed by atoms with van der Waals surface area (Å²) < 4.78 is 25.7. The van der Waals surface area contributed by atoms with Gasteiger partial charge in [0.15, 0.2) is 11.4 Å². The first-order chi connectivity index (χ1) is 14.9. The van der Waals surface area contributed by atoms with Crippen LogP contribution in [0.4, 0.5) is 26.4 Å². The molecule has 1 aromatic heterocycles. The Morgan fingerprint density at radius 2 is 2.13 bits per heavy atom. The number of nitrogens with zero attached hydrogens (tertiary/aromatic N) is 3. The van der Waals surface area contributed by atoms with Crippen LogP contribution in [0.1, 0.15) is 5.56 Å². The number of rotatable bonds is 4. The summed E-state index contributed by atoms with van der Waals surface area (Å²) in [7, 11) is 1.52. The lowest BCUT2D eigenvalue weighted by molar-refractivity contribution is 0.0142. The van der Waals surface area contributed by atoms with Gasteiger partial charge >= 0.3 is 6.09 Å². The number of methoxy groups -OCH3 is 1. The molecule has 3 N–H and O–H groups in total. The Balaban J connectivity index is 1.59. The van der Waals surface area contributed by atoms with Crippen molar-refractivity contribution < 1.29 is 23.8 Å². The zero-order chi connectivity index (χ0) is 21.8. The molecule has 9 nitrogen and oxygen atoms in total. The van der Waals surface area contributed by atoms with E-state index in [0.29, 0.717) is 47.8 Å². The molecule has 31 heavy (non-hydrogen) atoms. The van der Waals surface area contributed by atoms with Gasteiger partial charge in [0.2, 0.25) is 0 Å². The van der Waals surface area contributed by atoms with Crippen LogP contribution < -0.4 is 20.3 Å². The van der Waals surface area contributed by atoms with Crippen molar-refractivity contribution in [3.8, 4) is 11.5 Å². The number of amides is 1. The largest absolute Gasteiger partial charge is 0.508 e. The standard InChI is InChI=1S/C21H20FN5O4/c1-11-16(28)4-3-13(18(11)22)26-19-12-5-15(17(30-2)6-14(12)24-10-25-19)27-9-21(7-23-8-21)31-20(27)29/h3-6,10,23,28H,7-9H2,1-2H3,(H,24,25,26). The SMILES string of the molecule is COc1cc2ncnc(Nc3ccc(O)c(C)c3F)c2cc1N1CC2(CNC2)OC1=O. The fourth-order valence-electron chi connectivity index (χ4n) is 3.84. The summed E-state index contributed by atoms with van der Waals surface area (Å²) in [6.45, 7) is 3.07. The molecule has 0 saturated carbocycles. The molecule has 0 bridgehead atoms. The molecule has 3 aromatic rings. The second kappa shape index (κ2) is 6.95. The number of ether oxygens (including phenoxy) is 2. The van der Waals surface area contributed by atoms with Crippen LogP contribution >= 0.6 is 0 Å². The highest BCUT2D eigenvalue weighted by atomic mass is 19.1. The van der Waals surface area contributed by atoms with E-state index in [1.807, 2.05) is 0 Å². The summed E-state index contributed by atoms with van der Waals surface area (Å²) >= 11 is 0. The number of carbonyl (C=O) groups is 1. The molecule has 0 unspecified atom stereocenters. The lowest BCUT2D eigenvalue weighted by Crippen LogP contribution is -2.61. The van der Waals surface area contributed by atoms with Gasteiger partial charge in [-0.15, -0.1) is 0 Å². The second-order valence-electron chi connectivity index (χ2n) is 7.70. The topological polar surface area (TPSA) is 109 Å². The normalized spacial score (nSPS) is 17.0. The van der Waals surface area contributed by atoms with Gasteiger partial charge in [-0.25, -0.2) is 19.2 Å². The van der Waals surface area contributed by atoms with Crippen LogP contribution in [0.3, 0.4) is 0 Å². The third-order valence-electron chi connectivity index (χ3n) is 5.70. The van der Waals surface area contributed by atoms with Gasteiger partial charge in [-0.3, -0.25) is 4.90 Å². The Morgan fingerprint density at radius 3 is 2.81 bits per heavy atom. The average Bonchev–Trinajstić information content (AvgIpc) is 3.11. The van der Waals surface area contributed by atoms with Crippen LogP contribution in [0.25, 0.3) is 10.9 Å². The van der Waals surface area contributed by atoms with E-state index in [2.05, 4.69) is 20.6 Å². The molecular formula is C21H20FN5O4. The van der Waals surface area contributed by atoms with Gasteiger partial charge in [-0.05, 0) is 25.1 Å². The van der Waals surface area contributed by atoms with E-state index in [9.17, 15) is 14.3 Å². The Labute approximate surface area is 176 Å². The first kappa shape index (κ1) is 19.3. The minimum atomic E-state index is -0.581. The minimum Gasteiger partial charge on any atom is -0.508 e. The number of phenolic OH excluding ortho intramolecular Hbond substituents is 1. The maximum Gasteiger partial charge on any atom is 0.415 e. The van der Waals surface area contributed by atoms with E-state index >= 15 is 0 Å². The quantitative estimate of drug-likeness (QED) is 0.548. The van der Waals surface area contributed by atoms with Crippen molar-refractivity contribution in [3.63, 3.8) is 0 Å². The third-order valence-corrected chi connectivity index (χ3v) is 5.70. The lowest BCUT2D eigenvalue weighted by Gasteiger charge is -2.36. The van der Waals surface area contributed by atoms with Gasteiger partial charge in [-0.1, -0.05) is 0 Å². The van der Waals surface area contributed by atoms with E-state index < -0.39 is 17.5 Å². The molecule has 0 atom stereocenters. The Hall–Kier alpha value is -3.66. The number of aromatic hydroxyl groups is 1. The van der Waals surface area contributed by atoms with Crippen molar-refractivity contribution in [1.82, 2.24) is 15.3 Å². The summed E-state index contributed by atoms with van der Waals surface area (Å²) in [5, 5.41) is 16.4. The van der Waals surface area contributed by atoms with Crippen molar-refractivity contribution >= 4 is 34.2 Å². The van der Waals surface area contributed by atoms with Crippen molar-refractivity contribution in [2.45, 2.75) is 12.5 Å². The van der Waals surface area contributed by atoms with Gasteiger partial charge in [0, 0.05) is 30.1 Å². The molecule has 5 rings (SSSR count). The number of fused-ring (bicyclic) bond motifs is 1. The molecule has 0 aliphatic carbocycles. The maximum atomic E-state index is 14.6.